The molecule has 108 valence electrons. The molecule has 6 nitrogen and oxygen atoms in total. The highest BCUT2D eigenvalue weighted by atomic mass is 16.1. The SMILES string of the molecule is N#Cc1cccc(CN2CCC(n3cn[nH]c3=O)CC2)c1. The number of aromatic nitrogens is 3. The molecule has 0 aliphatic carbocycles. The van der Waals surface area contributed by atoms with E-state index in [1.54, 1.807) is 10.9 Å². The summed E-state index contributed by atoms with van der Waals surface area (Å²) < 4.78 is 1.69. The van der Waals surface area contributed by atoms with Crippen LogP contribution in [0.4, 0.5) is 0 Å². The molecule has 0 atom stereocenters. The molecular weight excluding hydrogens is 266 g/mol. The molecule has 1 aliphatic heterocycles. The summed E-state index contributed by atoms with van der Waals surface area (Å²) in [5.41, 5.74) is 1.73. The van der Waals surface area contributed by atoms with Crippen LogP contribution in [0, 0.1) is 11.3 Å². The van der Waals surface area contributed by atoms with Gasteiger partial charge in [-0.25, -0.2) is 9.89 Å². The molecule has 1 N–H and O–H groups in total. The number of H-pyrrole nitrogens is 1. The number of nitrogens with zero attached hydrogens (tertiary/aromatic N) is 4. The van der Waals surface area contributed by atoms with Crippen molar-refractivity contribution in [3.05, 3.63) is 52.2 Å². The largest absolute Gasteiger partial charge is 0.343 e. The number of benzene rings is 1. The number of nitriles is 1. The summed E-state index contributed by atoms with van der Waals surface area (Å²) in [6.07, 6.45) is 3.47. The third-order valence-electron chi connectivity index (χ3n) is 3.99. The van der Waals surface area contributed by atoms with Crippen molar-refractivity contribution in [3.63, 3.8) is 0 Å². The molecule has 2 aromatic rings. The van der Waals surface area contributed by atoms with Gasteiger partial charge in [0.15, 0.2) is 0 Å². The lowest BCUT2D eigenvalue weighted by Crippen LogP contribution is -2.36. The van der Waals surface area contributed by atoms with Gasteiger partial charge in [-0.3, -0.25) is 9.47 Å². The third-order valence-corrected chi connectivity index (χ3v) is 3.99. The fourth-order valence-electron chi connectivity index (χ4n) is 2.87. The van der Waals surface area contributed by atoms with Gasteiger partial charge < -0.3 is 0 Å². The number of nitrogens with one attached hydrogen (secondary N) is 1. The van der Waals surface area contributed by atoms with Crippen LogP contribution in [-0.4, -0.2) is 32.8 Å². The van der Waals surface area contributed by atoms with Gasteiger partial charge in [-0.15, -0.1) is 0 Å². The van der Waals surface area contributed by atoms with Crippen LogP contribution in [-0.2, 0) is 6.54 Å². The minimum atomic E-state index is -0.129. The Bertz CT molecular complexity index is 703. The Morgan fingerprint density at radius 1 is 1.38 bits per heavy atom. The van der Waals surface area contributed by atoms with Crippen LogP contribution in [0.1, 0.15) is 30.0 Å². The minimum absolute atomic E-state index is 0.129. The Morgan fingerprint density at radius 3 is 2.86 bits per heavy atom. The van der Waals surface area contributed by atoms with Gasteiger partial charge in [-0.1, -0.05) is 12.1 Å². The maximum atomic E-state index is 11.6. The molecule has 0 bridgehead atoms. The van der Waals surface area contributed by atoms with Crippen LogP contribution in [0.3, 0.4) is 0 Å². The van der Waals surface area contributed by atoms with Crippen molar-refractivity contribution in [2.45, 2.75) is 25.4 Å². The molecule has 3 rings (SSSR count). The summed E-state index contributed by atoms with van der Waals surface area (Å²) in [6.45, 7) is 2.74. The number of hydrogen-bond donors (Lipinski definition) is 1. The summed E-state index contributed by atoms with van der Waals surface area (Å²) >= 11 is 0. The second-order valence-electron chi connectivity index (χ2n) is 5.39. The average Bonchev–Trinajstić information content (AvgIpc) is 2.94. The summed E-state index contributed by atoms with van der Waals surface area (Å²) in [5, 5.41) is 15.2. The molecule has 1 aromatic heterocycles. The number of likely N-dealkylation sites (tertiary alicyclic amines) is 1. The van der Waals surface area contributed by atoms with Gasteiger partial charge in [0.25, 0.3) is 0 Å². The predicted octanol–water partition coefficient (Wildman–Crippen LogP) is 1.28. The highest BCUT2D eigenvalue weighted by Gasteiger charge is 2.21. The average molecular weight is 283 g/mol. The molecule has 6 heteroatoms. The highest BCUT2D eigenvalue weighted by Crippen LogP contribution is 2.22. The van der Waals surface area contributed by atoms with Crippen LogP contribution in [0.2, 0.25) is 0 Å². The molecule has 1 aromatic carbocycles. The zero-order chi connectivity index (χ0) is 14.7. The first-order valence-corrected chi connectivity index (χ1v) is 7.09. The third kappa shape index (κ3) is 3.03. The van der Waals surface area contributed by atoms with E-state index in [4.69, 9.17) is 5.26 Å². The Balaban J connectivity index is 1.60. The summed E-state index contributed by atoms with van der Waals surface area (Å²) in [4.78, 5) is 13.9. The first-order chi connectivity index (χ1) is 10.3. The normalized spacial score (nSPS) is 16.7. The van der Waals surface area contributed by atoms with Crippen molar-refractivity contribution in [2.75, 3.05) is 13.1 Å². The molecule has 0 spiro atoms. The van der Waals surface area contributed by atoms with E-state index in [9.17, 15) is 4.79 Å². The molecule has 0 saturated carbocycles. The Kier molecular flexibility index (Phi) is 3.84. The van der Waals surface area contributed by atoms with Crippen LogP contribution < -0.4 is 5.69 Å². The molecule has 1 saturated heterocycles. The van der Waals surface area contributed by atoms with Gasteiger partial charge in [-0.2, -0.15) is 10.4 Å². The smallest absolute Gasteiger partial charge is 0.299 e. The number of hydrogen-bond acceptors (Lipinski definition) is 4. The van der Waals surface area contributed by atoms with Crippen molar-refractivity contribution in [2.24, 2.45) is 0 Å². The minimum Gasteiger partial charge on any atom is -0.299 e. The van der Waals surface area contributed by atoms with Gasteiger partial charge >= 0.3 is 5.69 Å². The first-order valence-electron chi connectivity index (χ1n) is 7.09. The first kappa shape index (κ1) is 13.6. The van der Waals surface area contributed by atoms with Gasteiger partial charge in [0.05, 0.1) is 11.6 Å². The summed E-state index contributed by atoms with van der Waals surface area (Å²) in [5.74, 6) is 0. The van der Waals surface area contributed by atoms with Gasteiger partial charge in [0.2, 0.25) is 0 Å². The Hall–Kier alpha value is -2.39. The van der Waals surface area contributed by atoms with Gasteiger partial charge in [-0.05, 0) is 30.5 Å². The lowest BCUT2D eigenvalue weighted by Gasteiger charge is -2.31. The maximum Gasteiger partial charge on any atom is 0.343 e. The van der Waals surface area contributed by atoms with E-state index < -0.39 is 0 Å². The van der Waals surface area contributed by atoms with E-state index in [1.165, 1.54) is 0 Å². The number of rotatable bonds is 3. The standard InChI is InChI=1S/C15H17N5O/c16-9-12-2-1-3-13(8-12)10-19-6-4-14(5-7-19)20-11-17-18-15(20)21/h1-3,8,11,14H,4-7,10H2,(H,18,21). The summed E-state index contributed by atoms with van der Waals surface area (Å²) in [7, 11) is 0. The van der Waals surface area contributed by atoms with E-state index >= 15 is 0 Å². The van der Waals surface area contributed by atoms with E-state index in [-0.39, 0.29) is 11.7 Å². The van der Waals surface area contributed by atoms with E-state index in [0.717, 1.165) is 38.0 Å². The van der Waals surface area contributed by atoms with Crippen molar-refractivity contribution in [1.29, 1.82) is 5.26 Å². The number of aromatic amines is 1. The fraction of sp³-hybridized carbons (Fsp3) is 0.400. The van der Waals surface area contributed by atoms with E-state index in [0.29, 0.717) is 5.56 Å². The predicted molar refractivity (Wildman–Crippen MR) is 77.6 cm³/mol. The molecule has 1 aliphatic rings. The molecule has 2 heterocycles. The van der Waals surface area contributed by atoms with Crippen molar-refractivity contribution >= 4 is 0 Å². The second kappa shape index (κ2) is 5.94. The quantitative estimate of drug-likeness (QED) is 0.920. The topological polar surface area (TPSA) is 77.7 Å². The molecule has 21 heavy (non-hydrogen) atoms. The molecule has 0 unspecified atom stereocenters. The second-order valence-corrected chi connectivity index (χ2v) is 5.39. The zero-order valence-electron chi connectivity index (χ0n) is 11.7. The Labute approximate surface area is 122 Å². The summed E-state index contributed by atoms with van der Waals surface area (Å²) in [6, 6.07) is 10.1. The fourth-order valence-corrected chi connectivity index (χ4v) is 2.87. The molecule has 1 fully saturated rings. The van der Waals surface area contributed by atoms with Gasteiger partial charge in [0, 0.05) is 25.7 Å². The van der Waals surface area contributed by atoms with Gasteiger partial charge in [0.1, 0.15) is 6.33 Å². The van der Waals surface area contributed by atoms with Crippen LogP contribution in [0.25, 0.3) is 0 Å². The number of piperidine rings is 1. The monoisotopic (exact) mass is 283 g/mol. The zero-order valence-corrected chi connectivity index (χ0v) is 11.7. The van der Waals surface area contributed by atoms with E-state index in [1.807, 2.05) is 24.3 Å². The van der Waals surface area contributed by atoms with E-state index in [2.05, 4.69) is 21.2 Å². The van der Waals surface area contributed by atoms with Crippen LogP contribution >= 0.6 is 0 Å². The van der Waals surface area contributed by atoms with Crippen LogP contribution in [0.5, 0.6) is 0 Å². The maximum absolute atomic E-state index is 11.6. The van der Waals surface area contributed by atoms with Crippen molar-refractivity contribution in [3.8, 4) is 6.07 Å². The molecule has 0 amide bonds. The lowest BCUT2D eigenvalue weighted by molar-refractivity contribution is 0.178. The molecular formula is C15H17N5O. The van der Waals surface area contributed by atoms with Crippen molar-refractivity contribution < 1.29 is 0 Å². The lowest BCUT2D eigenvalue weighted by atomic mass is 10.0. The van der Waals surface area contributed by atoms with Crippen molar-refractivity contribution in [1.82, 2.24) is 19.7 Å². The van der Waals surface area contributed by atoms with Crippen LogP contribution in [0.15, 0.2) is 35.4 Å². The highest BCUT2D eigenvalue weighted by molar-refractivity contribution is 5.32. The molecule has 0 radical (unpaired) electrons. The Morgan fingerprint density at radius 2 is 2.19 bits per heavy atom.